The van der Waals surface area contributed by atoms with Gasteiger partial charge in [-0.1, -0.05) is 0 Å². The Balaban J connectivity index is 3.12. The van der Waals surface area contributed by atoms with Crippen LogP contribution in [0.5, 0.6) is 0 Å². The Morgan fingerprint density at radius 2 is 2.21 bits per heavy atom. The van der Waals surface area contributed by atoms with Crippen LogP contribution in [0.3, 0.4) is 0 Å². The van der Waals surface area contributed by atoms with E-state index in [4.69, 9.17) is 5.73 Å². The van der Waals surface area contributed by atoms with E-state index in [1.54, 1.807) is 19.9 Å². The molecule has 1 aromatic rings. The molecule has 0 unspecified atom stereocenters. The highest BCUT2D eigenvalue weighted by molar-refractivity contribution is 7.14. The minimum absolute atomic E-state index is 0.338. The molecule has 1 heterocycles. The largest absolute Gasteiger partial charge is 0.465 e. The number of hydrogen-bond acceptors (Lipinski definition) is 5. The summed E-state index contributed by atoms with van der Waals surface area (Å²) in [6, 6.07) is 1.59. The van der Waals surface area contributed by atoms with Gasteiger partial charge in [0, 0.05) is 4.88 Å². The van der Waals surface area contributed by atoms with E-state index in [2.05, 4.69) is 4.74 Å². The summed E-state index contributed by atoms with van der Waals surface area (Å²) in [4.78, 5) is 12.2. The van der Waals surface area contributed by atoms with E-state index in [1.807, 2.05) is 0 Å². The van der Waals surface area contributed by atoms with E-state index in [0.717, 1.165) is 11.3 Å². The maximum atomic E-state index is 11.2. The van der Waals surface area contributed by atoms with E-state index in [9.17, 15) is 9.90 Å². The number of thiophene rings is 1. The first kappa shape index (κ1) is 11.0. The van der Waals surface area contributed by atoms with Crippen molar-refractivity contribution < 1.29 is 14.6 Å². The van der Waals surface area contributed by atoms with Gasteiger partial charge in [0.1, 0.15) is 4.88 Å². The van der Waals surface area contributed by atoms with Gasteiger partial charge in [-0.3, -0.25) is 0 Å². The molecule has 14 heavy (non-hydrogen) atoms. The third kappa shape index (κ3) is 2.05. The van der Waals surface area contributed by atoms with Gasteiger partial charge in [-0.15, -0.1) is 11.3 Å². The van der Waals surface area contributed by atoms with Gasteiger partial charge < -0.3 is 15.6 Å². The Morgan fingerprint density at radius 3 is 2.57 bits per heavy atom. The second kappa shape index (κ2) is 3.59. The molecule has 4 nitrogen and oxygen atoms in total. The van der Waals surface area contributed by atoms with Crippen LogP contribution in [-0.4, -0.2) is 18.2 Å². The fourth-order valence-corrected chi connectivity index (χ4v) is 1.96. The van der Waals surface area contributed by atoms with Crippen molar-refractivity contribution in [3.05, 3.63) is 15.8 Å². The van der Waals surface area contributed by atoms with Crippen LogP contribution in [0, 0.1) is 0 Å². The molecular formula is C9H13NO3S. The van der Waals surface area contributed by atoms with Gasteiger partial charge in [-0.2, -0.15) is 0 Å². The first-order valence-corrected chi connectivity index (χ1v) is 4.88. The van der Waals surface area contributed by atoms with Crippen molar-refractivity contribution in [3.63, 3.8) is 0 Å². The minimum atomic E-state index is -0.981. The molecule has 0 aliphatic carbocycles. The van der Waals surface area contributed by atoms with Crippen LogP contribution in [0.1, 0.15) is 28.4 Å². The highest BCUT2D eigenvalue weighted by Gasteiger charge is 2.23. The van der Waals surface area contributed by atoms with Crippen molar-refractivity contribution in [1.82, 2.24) is 0 Å². The predicted molar refractivity (Wildman–Crippen MR) is 55.3 cm³/mol. The zero-order valence-corrected chi connectivity index (χ0v) is 9.14. The van der Waals surface area contributed by atoms with Crippen molar-refractivity contribution in [1.29, 1.82) is 0 Å². The van der Waals surface area contributed by atoms with Crippen LogP contribution in [-0.2, 0) is 10.3 Å². The zero-order valence-electron chi connectivity index (χ0n) is 8.33. The average Bonchev–Trinajstić information content (AvgIpc) is 2.45. The standard InChI is InChI=1S/C9H13NO3S/c1-9(2,12)6-4-5(10)7(14-6)8(11)13-3/h4,12H,10H2,1-3H3. The van der Waals surface area contributed by atoms with Gasteiger partial charge in [0.05, 0.1) is 18.4 Å². The number of anilines is 1. The number of aliphatic hydroxyl groups is 1. The molecular weight excluding hydrogens is 202 g/mol. The lowest BCUT2D eigenvalue weighted by Crippen LogP contribution is -2.12. The molecule has 0 spiro atoms. The molecule has 3 N–H and O–H groups in total. The lowest BCUT2D eigenvalue weighted by Gasteiger charge is -2.13. The summed E-state index contributed by atoms with van der Waals surface area (Å²) in [5, 5.41) is 9.68. The number of nitrogens with two attached hydrogens (primary N) is 1. The summed E-state index contributed by atoms with van der Waals surface area (Å²) >= 11 is 1.15. The Labute approximate surface area is 86.3 Å². The van der Waals surface area contributed by atoms with E-state index in [1.165, 1.54) is 7.11 Å². The monoisotopic (exact) mass is 215 g/mol. The molecule has 0 aliphatic heterocycles. The summed E-state index contributed by atoms with van der Waals surface area (Å²) in [6.07, 6.45) is 0. The minimum Gasteiger partial charge on any atom is -0.465 e. The van der Waals surface area contributed by atoms with Crippen molar-refractivity contribution in [2.24, 2.45) is 0 Å². The fourth-order valence-electron chi connectivity index (χ4n) is 0.959. The molecule has 1 rings (SSSR count). The summed E-state index contributed by atoms with van der Waals surface area (Å²) in [5.74, 6) is -0.469. The van der Waals surface area contributed by atoms with Crippen LogP contribution < -0.4 is 5.73 Å². The topological polar surface area (TPSA) is 72.5 Å². The number of rotatable bonds is 2. The second-order valence-electron chi connectivity index (χ2n) is 3.45. The molecule has 0 saturated carbocycles. The zero-order chi connectivity index (χ0) is 10.9. The molecule has 0 amide bonds. The summed E-state index contributed by atoms with van der Waals surface area (Å²) in [6.45, 7) is 3.28. The highest BCUT2D eigenvalue weighted by Crippen LogP contribution is 2.32. The molecule has 78 valence electrons. The second-order valence-corrected chi connectivity index (χ2v) is 4.50. The number of carbonyl (C=O) groups is 1. The van der Waals surface area contributed by atoms with Crippen molar-refractivity contribution in [2.75, 3.05) is 12.8 Å². The van der Waals surface area contributed by atoms with E-state index >= 15 is 0 Å². The SMILES string of the molecule is COC(=O)c1sc(C(C)(C)O)cc1N. The molecule has 0 atom stereocenters. The number of nitrogen functional groups attached to an aromatic ring is 1. The number of hydrogen-bond donors (Lipinski definition) is 2. The van der Waals surface area contributed by atoms with E-state index < -0.39 is 11.6 Å². The third-order valence-electron chi connectivity index (χ3n) is 1.73. The number of methoxy groups -OCH3 is 1. The lowest BCUT2D eigenvalue weighted by atomic mass is 10.1. The maximum Gasteiger partial charge on any atom is 0.350 e. The fraction of sp³-hybridized carbons (Fsp3) is 0.444. The number of ether oxygens (including phenoxy) is 1. The molecule has 0 fully saturated rings. The molecule has 0 bridgehead atoms. The van der Waals surface area contributed by atoms with Gasteiger partial charge in [0.2, 0.25) is 0 Å². The summed E-state index contributed by atoms with van der Waals surface area (Å²) in [5.41, 5.74) is 4.98. The summed E-state index contributed by atoms with van der Waals surface area (Å²) in [7, 11) is 1.30. The maximum absolute atomic E-state index is 11.2. The van der Waals surface area contributed by atoms with Gasteiger partial charge in [-0.25, -0.2) is 4.79 Å². The number of esters is 1. The Bertz CT molecular complexity index is 351. The third-order valence-corrected chi connectivity index (χ3v) is 3.18. The van der Waals surface area contributed by atoms with Gasteiger partial charge in [0.15, 0.2) is 0 Å². The number of carbonyl (C=O) groups excluding carboxylic acids is 1. The highest BCUT2D eigenvalue weighted by atomic mass is 32.1. The van der Waals surface area contributed by atoms with Crippen molar-refractivity contribution in [3.8, 4) is 0 Å². The average molecular weight is 215 g/mol. The Morgan fingerprint density at radius 1 is 1.64 bits per heavy atom. The molecule has 0 radical (unpaired) electrons. The van der Waals surface area contributed by atoms with Crippen LogP contribution in [0.4, 0.5) is 5.69 Å². The van der Waals surface area contributed by atoms with Crippen molar-refractivity contribution >= 4 is 23.0 Å². The Kier molecular flexibility index (Phi) is 2.82. The van der Waals surface area contributed by atoms with E-state index in [-0.39, 0.29) is 0 Å². The van der Waals surface area contributed by atoms with E-state index in [0.29, 0.717) is 15.4 Å². The molecule has 0 saturated heterocycles. The van der Waals surface area contributed by atoms with Gasteiger partial charge in [-0.05, 0) is 19.9 Å². The molecule has 0 aliphatic rings. The quantitative estimate of drug-likeness (QED) is 0.730. The predicted octanol–water partition coefficient (Wildman–Crippen LogP) is 1.34. The van der Waals surface area contributed by atoms with Crippen molar-refractivity contribution in [2.45, 2.75) is 19.4 Å². The normalized spacial score (nSPS) is 11.4. The lowest BCUT2D eigenvalue weighted by molar-refractivity contribution is 0.0607. The first-order valence-electron chi connectivity index (χ1n) is 4.06. The molecule has 1 aromatic heterocycles. The smallest absolute Gasteiger partial charge is 0.350 e. The Hall–Kier alpha value is -1.07. The van der Waals surface area contributed by atoms with Crippen LogP contribution >= 0.6 is 11.3 Å². The van der Waals surface area contributed by atoms with Crippen LogP contribution in [0.15, 0.2) is 6.07 Å². The van der Waals surface area contributed by atoms with Gasteiger partial charge in [0.25, 0.3) is 0 Å². The molecule has 0 aromatic carbocycles. The van der Waals surface area contributed by atoms with Crippen LogP contribution in [0.2, 0.25) is 0 Å². The van der Waals surface area contributed by atoms with Gasteiger partial charge >= 0.3 is 5.97 Å². The first-order chi connectivity index (χ1) is 6.36. The summed E-state index contributed by atoms with van der Waals surface area (Å²) < 4.78 is 4.55. The molecule has 5 heteroatoms. The van der Waals surface area contributed by atoms with Crippen LogP contribution in [0.25, 0.3) is 0 Å².